The molecule has 0 radical (unpaired) electrons. The fourth-order valence-electron chi connectivity index (χ4n) is 3.20. The lowest BCUT2D eigenvalue weighted by Gasteiger charge is -2.49. The molecule has 1 N–H and O–H groups in total. The molecule has 0 atom stereocenters. The Morgan fingerprint density at radius 3 is 1.95 bits per heavy atom. The maximum atomic E-state index is 5.71. The van der Waals surface area contributed by atoms with E-state index in [9.17, 15) is 0 Å². The lowest BCUT2D eigenvalue weighted by Crippen LogP contribution is -2.66. The molecule has 1 aliphatic rings. The van der Waals surface area contributed by atoms with E-state index in [0.717, 1.165) is 18.8 Å². The number of ether oxygens (including phenoxy) is 1. The Labute approximate surface area is 123 Å². The van der Waals surface area contributed by atoms with Crippen molar-refractivity contribution in [1.82, 2.24) is 5.32 Å². The van der Waals surface area contributed by atoms with E-state index in [-0.39, 0.29) is 17.2 Å². The van der Waals surface area contributed by atoms with Crippen LogP contribution in [-0.2, 0) is 0 Å². The van der Waals surface area contributed by atoms with Gasteiger partial charge in [-0.2, -0.15) is 0 Å². The highest BCUT2D eigenvalue weighted by molar-refractivity contribution is 5.50. The Balaban J connectivity index is 2.14. The minimum absolute atomic E-state index is 0.120. The summed E-state index contributed by atoms with van der Waals surface area (Å²) in [5, 5.41) is 3.70. The van der Waals surface area contributed by atoms with E-state index >= 15 is 0 Å². The second-order valence-corrected chi connectivity index (χ2v) is 7.41. The Hall–Kier alpha value is -1.22. The van der Waals surface area contributed by atoms with Crippen LogP contribution >= 0.6 is 0 Å². The normalized spacial score (nSPS) is 21.1. The number of hydrogen-bond donors (Lipinski definition) is 1. The van der Waals surface area contributed by atoms with Crippen molar-refractivity contribution >= 4 is 5.69 Å². The quantitative estimate of drug-likeness (QED) is 0.915. The van der Waals surface area contributed by atoms with Gasteiger partial charge in [0, 0.05) is 29.9 Å². The zero-order chi connectivity index (χ0) is 15.0. The Morgan fingerprint density at radius 2 is 1.50 bits per heavy atom. The summed E-state index contributed by atoms with van der Waals surface area (Å²) in [6.45, 7) is 15.2. The van der Waals surface area contributed by atoms with Gasteiger partial charge in [-0.25, -0.2) is 0 Å². The number of piperazine rings is 1. The highest BCUT2D eigenvalue weighted by atomic mass is 16.5. The maximum absolute atomic E-state index is 5.71. The number of anilines is 1. The molecule has 0 bridgehead atoms. The van der Waals surface area contributed by atoms with Crippen molar-refractivity contribution in [3.63, 3.8) is 0 Å². The summed E-state index contributed by atoms with van der Waals surface area (Å²) in [5.74, 6) is 0.942. The molecule has 0 amide bonds. The molecular formula is C17H28N2O. The number of rotatable bonds is 3. The van der Waals surface area contributed by atoms with Gasteiger partial charge >= 0.3 is 0 Å². The van der Waals surface area contributed by atoms with Crippen molar-refractivity contribution in [2.75, 3.05) is 18.0 Å². The minimum atomic E-state index is 0.120. The summed E-state index contributed by atoms with van der Waals surface area (Å²) in [7, 11) is 0. The lowest BCUT2D eigenvalue weighted by molar-refractivity contribution is 0.226. The van der Waals surface area contributed by atoms with E-state index < -0.39 is 0 Å². The van der Waals surface area contributed by atoms with Crippen LogP contribution in [-0.4, -0.2) is 30.3 Å². The summed E-state index contributed by atoms with van der Waals surface area (Å²) >= 11 is 0. The summed E-state index contributed by atoms with van der Waals surface area (Å²) in [6.07, 6.45) is 0.220. The Morgan fingerprint density at radius 1 is 1.00 bits per heavy atom. The number of nitrogens with one attached hydrogen (secondary N) is 1. The van der Waals surface area contributed by atoms with Gasteiger partial charge in [-0.1, -0.05) is 0 Å². The van der Waals surface area contributed by atoms with Crippen LogP contribution in [0.3, 0.4) is 0 Å². The van der Waals surface area contributed by atoms with Gasteiger partial charge in [0.05, 0.1) is 6.10 Å². The summed E-state index contributed by atoms with van der Waals surface area (Å²) < 4.78 is 5.71. The minimum Gasteiger partial charge on any atom is -0.491 e. The molecule has 112 valence electrons. The standard InChI is InChI=1S/C17H28N2O/c1-13(2)20-15-9-7-14(8-10-15)19-11-16(3,4)18-17(5,6)12-19/h7-10,13,18H,11-12H2,1-6H3. The van der Waals surface area contributed by atoms with E-state index in [4.69, 9.17) is 4.74 Å². The highest BCUT2D eigenvalue weighted by Crippen LogP contribution is 2.27. The van der Waals surface area contributed by atoms with Crippen LogP contribution in [0.1, 0.15) is 41.5 Å². The molecule has 1 saturated heterocycles. The van der Waals surface area contributed by atoms with E-state index in [1.807, 2.05) is 0 Å². The van der Waals surface area contributed by atoms with Crippen LogP contribution in [0.2, 0.25) is 0 Å². The zero-order valence-corrected chi connectivity index (χ0v) is 13.7. The largest absolute Gasteiger partial charge is 0.491 e. The SMILES string of the molecule is CC(C)Oc1ccc(N2CC(C)(C)NC(C)(C)C2)cc1. The third kappa shape index (κ3) is 3.89. The van der Waals surface area contributed by atoms with Gasteiger partial charge in [0.15, 0.2) is 0 Å². The predicted octanol–water partition coefficient (Wildman–Crippen LogP) is 3.44. The second-order valence-electron chi connectivity index (χ2n) is 7.41. The molecular weight excluding hydrogens is 248 g/mol. The first-order valence-corrected chi connectivity index (χ1v) is 7.48. The van der Waals surface area contributed by atoms with E-state index in [0.29, 0.717) is 0 Å². The average molecular weight is 276 g/mol. The van der Waals surface area contributed by atoms with Gasteiger partial charge in [0.1, 0.15) is 5.75 Å². The smallest absolute Gasteiger partial charge is 0.119 e. The molecule has 3 heteroatoms. The molecule has 0 aromatic heterocycles. The van der Waals surface area contributed by atoms with Crippen molar-refractivity contribution < 1.29 is 4.74 Å². The van der Waals surface area contributed by atoms with Crippen LogP contribution < -0.4 is 15.0 Å². The molecule has 0 unspecified atom stereocenters. The molecule has 0 spiro atoms. The molecule has 2 rings (SSSR count). The molecule has 0 saturated carbocycles. The van der Waals surface area contributed by atoms with Gasteiger partial charge < -0.3 is 15.0 Å². The zero-order valence-electron chi connectivity index (χ0n) is 13.7. The summed E-state index contributed by atoms with van der Waals surface area (Å²) in [4.78, 5) is 2.45. The first-order valence-electron chi connectivity index (χ1n) is 7.48. The van der Waals surface area contributed by atoms with Gasteiger partial charge in [-0.15, -0.1) is 0 Å². The van der Waals surface area contributed by atoms with Crippen molar-refractivity contribution in [2.24, 2.45) is 0 Å². The highest BCUT2D eigenvalue weighted by Gasteiger charge is 2.36. The van der Waals surface area contributed by atoms with Crippen LogP contribution in [0, 0.1) is 0 Å². The fraction of sp³-hybridized carbons (Fsp3) is 0.647. The van der Waals surface area contributed by atoms with Gasteiger partial charge in [0.2, 0.25) is 0 Å². The third-order valence-electron chi connectivity index (χ3n) is 3.42. The molecule has 1 fully saturated rings. The predicted molar refractivity (Wildman–Crippen MR) is 85.7 cm³/mol. The molecule has 1 aliphatic heterocycles. The van der Waals surface area contributed by atoms with E-state index in [1.165, 1.54) is 5.69 Å². The van der Waals surface area contributed by atoms with Crippen LogP contribution in [0.4, 0.5) is 5.69 Å². The van der Waals surface area contributed by atoms with Crippen molar-refractivity contribution in [3.8, 4) is 5.75 Å². The number of benzene rings is 1. The average Bonchev–Trinajstić information content (AvgIpc) is 2.24. The number of hydrogen-bond acceptors (Lipinski definition) is 3. The third-order valence-corrected chi connectivity index (χ3v) is 3.42. The van der Waals surface area contributed by atoms with E-state index in [1.54, 1.807) is 0 Å². The molecule has 1 aromatic carbocycles. The molecule has 0 aliphatic carbocycles. The van der Waals surface area contributed by atoms with Crippen LogP contribution in [0.15, 0.2) is 24.3 Å². The second kappa shape index (κ2) is 5.28. The molecule has 1 heterocycles. The summed E-state index contributed by atoms with van der Waals surface area (Å²) in [6, 6.07) is 8.46. The molecule has 20 heavy (non-hydrogen) atoms. The summed E-state index contributed by atoms with van der Waals surface area (Å²) in [5.41, 5.74) is 1.51. The van der Waals surface area contributed by atoms with Crippen molar-refractivity contribution in [3.05, 3.63) is 24.3 Å². The Bertz CT molecular complexity index is 433. The first-order chi connectivity index (χ1) is 9.17. The Kier molecular flexibility index (Phi) is 4.01. The van der Waals surface area contributed by atoms with Gasteiger partial charge in [-0.05, 0) is 65.8 Å². The molecule has 3 nitrogen and oxygen atoms in total. The lowest BCUT2D eigenvalue weighted by atomic mass is 9.91. The monoisotopic (exact) mass is 276 g/mol. The topological polar surface area (TPSA) is 24.5 Å². The van der Waals surface area contributed by atoms with Crippen LogP contribution in [0.5, 0.6) is 5.75 Å². The van der Waals surface area contributed by atoms with E-state index in [2.05, 4.69) is 76.0 Å². The maximum Gasteiger partial charge on any atom is 0.119 e. The molecule has 1 aromatic rings. The van der Waals surface area contributed by atoms with Crippen LogP contribution in [0.25, 0.3) is 0 Å². The van der Waals surface area contributed by atoms with Crippen molar-refractivity contribution in [2.45, 2.75) is 58.7 Å². The number of nitrogens with zero attached hydrogens (tertiary/aromatic N) is 1. The van der Waals surface area contributed by atoms with Gasteiger partial charge in [0.25, 0.3) is 0 Å². The fourth-order valence-corrected chi connectivity index (χ4v) is 3.20. The van der Waals surface area contributed by atoms with Gasteiger partial charge in [-0.3, -0.25) is 0 Å². The van der Waals surface area contributed by atoms with Crippen molar-refractivity contribution in [1.29, 1.82) is 0 Å². The first kappa shape index (κ1) is 15.2.